The van der Waals surface area contributed by atoms with Crippen molar-refractivity contribution in [2.45, 2.75) is 26.6 Å². The third-order valence-electron chi connectivity index (χ3n) is 1.83. The van der Waals surface area contributed by atoms with Crippen LogP contribution in [0.4, 0.5) is 10.1 Å². The monoisotopic (exact) mass is 213 g/mol. The van der Waals surface area contributed by atoms with Gasteiger partial charge in [-0.05, 0) is 13.8 Å². The van der Waals surface area contributed by atoms with Gasteiger partial charge in [0, 0.05) is 11.6 Å². The third-order valence-corrected chi connectivity index (χ3v) is 1.83. The van der Waals surface area contributed by atoms with Gasteiger partial charge in [0.25, 0.3) is 0 Å². The molecule has 0 saturated heterocycles. The summed E-state index contributed by atoms with van der Waals surface area (Å²) in [6, 6.07) is 4.05. The summed E-state index contributed by atoms with van der Waals surface area (Å²) in [5, 5.41) is 10.4. The molecule has 0 saturated carbocycles. The molecule has 0 heterocycles. The van der Waals surface area contributed by atoms with Crippen molar-refractivity contribution in [2.24, 2.45) is 0 Å². The number of benzene rings is 1. The van der Waals surface area contributed by atoms with E-state index in [1.165, 1.54) is 12.1 Å². The van der Waals surface area contributed by atoms with Crippen LogP contribution in [0.1, 0.15) is 19.4 Å². The number of rotatable bonds is 4. The summed E-state index contributed by atoms with van der Waals surface area (Å²) in [6.45, 7) is 3.68. The fourth-order valence-electron chi connectivity index (χ4n) is 1.08. The van der Waals surface area contributed by atoms with Crippen LogP contribution < -0.4 is 0 Å². The van der Waals surface area contributed by atoms with Gasteiger partial charge in [-0.2, -0.15) is 4.39 Å². The SMILES string of the molecule is CC(C)OCc1cccc([N+](=O)[O-])c1F. The molecule has 0 unspecified atom stereocenters. The molecule has 0 aliphatic heterocycles. The van der Waals surface area contributed by atoms with Gasteiger partial charge in [0.05, 0.1) is 17.6 Å². The van der Waals surface area contributed by atoms with Crippen LogP contribution in [-0.4, -0.2) is 11.0 Å². The first-order valence-corrected chi connectivity index (χ1v) is 4.55. The number of nitro groups is 1. The molecular formula is C10H12FNO3. The Morgan fingerprint density at radius 1 is 1.53 bits per heavy atom. The zero-order valence-corrected chi connectivity index (χ0v) is 8.57. The van der Waals surface area contributed by atoms with E-state index in [1.54, 1.807) is 0 Å². The lowest BCUT2D eigenvalue weighted by molar-refractivity contribution is -0.387. The van der Waals surface area contributed by atoms with Gasteiger partial charge in [0.15, 0.2) is 0 Å². The maximum absolute atomic E-state index is 13.5. The Morgan fingerprint density at radius 2 is 2.20 bits per heavy atom. The molecule has 15 heavy (non-hydrogen) atoms. The molecule has 0 fully saturated rings. The van der Waals surface area contributed by atoms with E-state index in [4.69, 9.17) is 4.74 Å². The van der Waals surface area contributed by atoms with Crippen molar-refractivity contribution in [1.82, 2.24) is 0 Å². The lowest BCUT2D eigenvalue weighted by atomic mass is 10.2. The smallest absolute Gasteiger partial charge is 0.305 e. The largest absolute Gasteiger partial charge is 0.374 e. The number of ether oxygens (including phenoxy) is 1. The summed E-state index contributed by atoms with van der Waals surface area (Å²) in [6.07, 6.45) is -0.0383. The molecule has 82 valence electrons. The fraction of sp³-hybridized carbons (Fsp3) is 0.400. The molecule has 0 aliphatic rings. The molecule has 1 aromatic rings. The molecule has 0 bridgehead atoms. The van der Waals surface area contributed by atoms with Crippen LogP contribution in [0.3, 0.4) is 0 Å². The molecule has 0 aromatic heterocycles. The van der Waals surface area contributed by atoms with Crippen LogP contribution in [0.25, 0.3) is 0 Å². The van der Waals surface area contributed by atoms with Crippen molar-refractivity contribution in [3.8, 4) is 0 Å². The molecule has 0 radical (unpaired) electrons. The first kappa shape index (κ1) is 11.6. The maximum Gasteiger partial charge on any atom is 0.305 e. The van der Waals surface area contributed by atoms with Gasteiger partial charge in [0.2, 0.25) is 5.82 Å². The predicted octanol–water partition coefficient (Wildman–Crippen LogP) is 2.66. The molecule has 4 nitrogen and oxygen atoms in total. The van der Waals surface area contributed by atoms with Gasteiger partial charge < -0.3 is 4.74 Å². The Balaban J connectivity index is 2.89. The lowest BCUT2D eigenvalue weighted by Gasteiger charge is -2.07. The highest BCUT2D eigenvalue weighted by atomic mass is 19.1. The summed E-state index contributed by atoms with van der Waals surface area (Å²) in [4.78, 5) is 9.69. The van der Waals surface area contributed by atoms with E-state index < -0.39 is 16.4 Å². The fourth-order valence-corrected chi connectivity index (χ4v) is 1.08. The van der Waals surface area contributed by atoms with E-state index in [1.807, 2.05) is 13.8 Å². The summed E-state index contributed by atoms with van der Waals surface area (Å²) < 4.78 is 18.6. The Labute approximate surface area is 86.8 Å². The van der Waals surface area contributed by atoms with Gasteiger partial charge in [-0.3, -0.25) is 10.1 Å². The highest BCUT2D eigenvalue weighted by Gasteiger charge is 2.17. The van der Waals surface area contributed by atoms with E-state index in [2.05, 4.69) is 0 Å². The Bertz CT molecular complexity index is 366. The Morgan fingerprint density at radius 3 is 2.73 bits per heavy atom. The molecule has 1 rings (SSSR count). The molecule has 5 heteroatoms. The van der Waals surface area contributed by atoms with Crippen LogP contribution in [0.2, 0.25) is 0 Å². The highest BCUT2D eigenvalue weighted by molar-refractivity contribution is 5.36. The minimum absolute atomic E-state index is 0.0383. The summed E-state index contributed by atoms with van der Waals surface area (Å²) in [7, 11) is 0. The molecule has 0 N–H and O–H groups in total. The average Bonchev–Trinajstić information content (AvgIpc) is 2.15. The van der Waals surface area contributed by atoms with E-state index in [0.29, 0.717) is 0 Å². The van der Waals surface area contributed by atoms with Crippen molar-refractivity contribution < 1.29 is 14.1 Å². The highest BCUT2D eigenvalue weighted by Crippen LogP contribution is 2.20. The standard InChI is InChI=1S/C10H12FNO3/c1-7(2)15-6-8-4-3-5-9(10(8)11)12(13)14/h3-5,7H,6H2,1-2H3. The van der Waals surface area contributed by atoms with Gasteiger partial charge in [-0.25, -0.2) is 0 Å². The topological polar surface area (TPSA) is 52.4 Å². The Kier molecular flexibility index (Phi) is 3.74. The van der Waals surface area contributed by atoms with Crippen LogP contribution in [0, 0.1) is 15.9 Å². The van der Waals surface area contributed by atoms with E-state index in [-0.39, 0.29) is 18.3 Å². The number of hydrogen-bond acceptors (Lipinski definition) is 3. The quantitative estimate of drug-likeness (QED) is 0.570. The van der Waals surface area contributed by atoms with Gasteiger partial charge in [-0.15, -0.1) is 0 Å². The van der Waals surface area contributed by atoms with E-state index >= 15 is 0 Å². The third kappa shape index (κ3) is 2.99. The second-order valence-electron chi connectivity index (χ2n) is 3.37. The predicted molar refractivity (Wildman–Crippen MR) is 53.0 cm³/mol. The van der Waals surface area contributed by atoms with Crippen molar-refractivity contribution in [3.63, 3.8) is 0 Å². The zero-order valence-electron chi connectivity index (χ0n) is 8.57. The van der Waals surface area contributed by atoms with Gasteiger partial charge in [-0.1, -0.05) is 12.1 Å². The van der Waals surface area contributed by atoms with Crippen LogP contribution in [-0.2, 0) is 11.3 Å². The van der Waals surface area contributed by atoms with E-state index in [0.717, 1.165) is 6.07 Å². The Hall–Kier alpha value is -1.49. The van der Waals surface area contributed by atoms with Crippen molar-refractivity contribution >= 4 is 5.69 Å². The van der Waals surface area contributed by atoms with Crippen LogP contribution in [0.5, 0.6) is 0 Å². The van der Waals surface area contributed by atoms with Crippen molar-refractivity contribution in [2.75, 3.05) is 0 Å². The van der Waals surface area contributed by atoms with Gasteiger partial charge in [0.1, 0.15) is 0 Å². The minimum atomic E-state index is -0.817. The first-order chi connectivity index (χ1) is 7.02. The number of nitrogens with zero attached hydrogens (tertiary/aromatic N) is 1. The van der Waals surface area contributed by atoms with Crippen molar-refractivity contribution in [1.29, 1.82) is 0 Å². The maximum atomic E-state index is 13.5. The zero-order chi connectivity index (χ0) is 11.4. The second kappa shape index (κ2) is 4.84. The molecule has 0 aliphatic carbocycles. The molecule has 0 spiro atoms. The second-order valence-corrected chi connectivity index (χ2v) is 3.37. The summed E-state index contributed by atoms with van der Waals surface area (Å²) >= 11 is 0. The number of nitro benzene ring substituents is 1. The molecule has 0 amide bonds. The summed E-state index contributed by atoms with van der Waals surface area (Å²) in [5.41, 5.74) is -0.308. The number of halogens is 1. The molecule has 1 aromatic carbocycles. The van der Waals surface area contributed by atoms with Crippen LogP contribution in [0.15, 0.2) is 18.2 Å². The molecule has 0 atom stereocenters. The van der Waals surface area contributed by atoms with Crippen molar-refractivity contribution in [3.05, 3.63) is 39.7 Å². The summed E-state index contributed by atoms with van der Waals surface area (Å²) in [5.74, 6) is -0.817. The van der Waals surface area contributed by atoms with Crippen LogP contribution >= 0.6 is 0 Å². The average molecular weight is 213 g/mol. The van der Waals surface area contributed by atoms with E-state index in [9.17, 15) is 14.5 Å². The van der Waals surface area contributed by atoms with Gasteiger partial charge >= 0.3 is 5.69 Å². The first-order valence-electron chi connectivity index (χ1n) is 4.55. The minimum Gasteiger partial charge on any atom is -0.374 e. The normalized spacial score (nSPS) is 10.7. The number of hydrogen-bond donors (Lipinski definition) is 0. The molecular weight excluding hydrogens is 201 g/mol. The lowest BCUT2D eigenvalue weighted by Crippen LogP contribution is -2.05.